The first kappa shape index (κ1) is 10.1. The summed E-state index contributed by atoms with van der Waals surface area (Å²) in [7, 11) is 0. The smallest absolute Gasteiger partial charge is 0.306 e. The Morgan fingerprint density at radius 3 is 3.12 bits per heavy atom. The lowest BCUT2D eigenvalue weighted by atomic mass is 9.90. The molecule has 1 atom stereocenters. The van der Waals surface area contributed by atoms with Crippen LogP contribution in [0.1, 0.15) is 17.8 Å². The number of aryl methyl sites for hydroxylation is 1. The van der Waals surface area contributed by atoms with Crippen molar-refractivity contribution in [3.8, 4) is 11.5 Å². The van der Waals surface area contributed by atoms with Crippen molar-refractivity contribution in [2.75, 3.05) is 0 Å². The Balaban J connectivity index is 1.92. The van der Waals surface area contributed by atoms with Crippen LogP contribution in [0.15, 0.2) is 12.3 Å². The fraction of sp³-hybridized carbons (Fsp3) is 0.364. The first-order valence-corrected chi connectivity index (χ1v) is 5.54. The molecule has 0 aliphatic heterocycles. The van der Waals surface area contributed by atoms with Gasteiger partial charge in [0.05, 0.1) is 11.6 Å². The van der Waals surface area contributed by atoms with E-state index in [0.717, 1.165) is 29.3 Å². The number of fused-ring (bicyclic) bond motifs is 1. The van der Waals surface area contributed by atoms with E-state index in [1.165, 1.54) is 0 Å². The Morgan fingerprint density at radius 2 is 2.41 bits per heavy atom. The van der Waals surface area contributed by atoms with Crippen molar-refractivity contribution in [1.29, 1.82) is 0 Å². The molecule has 1 aliphatic rings. The number of carboxylic acids is 1. The number of H-pyrrole nitrogens is 2. The van der Waals surface area contributed by atoms with Gasteiger partial charge in [0, 0.05) is 18.3 Å². The molecular weight excluding hydrogens is 220 g/mol. The summed E-state index contributed by atoms with van der Waals surface area (Å²) >= 11 is 0. The molecule has 0 saturated heterocycles. The monoisotopic (exact) mass is 232 g/mol. The third kappa shape index (κ3) is 1.71. The van der Waals surface area contributed by atoms with E-state index in [-0.39, 0.29) is 5.92 Å². The van der Waals surface area contributed by atoms with Gasteiger partial charge in [0.25, 0.3) is 0 Å². The predicted molar refractivity (Wildman–Crippen MR) is 59.3 cm³/mol. The number of rotatable bonds is 2. The van der Waals surface area contributed by atoms with E-state index >= 15 is 0 Å². The summed E-state index contributed by atoms with van der Waals surface area (Å²) in [6.07, 6.45) is 3.58. The van der Waals surface area contributed by atoms with E-state index in [1.54, 1.807) is 6.20 Å². The highest BCUT2D eigenvalue weighted by Gasteiger charge is 2.27. The van der Waals surface area contributed by atoms with Gasteiger partial charge >= 0.3 is 5.97 Å². The van der Waals surface area contributed by atoms with E-state index in [0.29, 0.717) is 12.8 Å². The highest BCUT2D eigenvalue weighted by molar-refractivity contribution is 5.70. The molecule has 17 heavy (non-hydrogen) atoms. The Bertz CT molecular complexity index is 544. The Hall–Kier alpha value is -2.11. The number of aromatic nitrogens is 4. The van der Waals surface area contributed by atoms with Gasteiger partial charge in [-0.1, -0.05) is 0 Å². The zero-order valence-corrected chi connectivity index (χ0v) is 9.10. The normalized spacial score (nSPS) is 18.9. The standard InChI is InChI=1S/C11H12N4O2/c16-11(17)6-1-2-7-9(5-6)14-10(13-7)8-3-4-12-15-8/h3-4,6H,1-2,5H2,(H,12,15)(H,13,14)(H,16,17). The average molecular weight is 232 g/mol. The molecule has 1 unspecified atom stereocenters. The van der Waals surface area contributed by atoms with Crippen molar-refractivity contribution >= 4 is 5.97 Å². The zero-order valence-electron chi connectivity index (χ0n) is 9.10. The van der Waals surface area contributed by atoms with Crippen molar-refractivity contribution in [3.05, 3.63) is 23.7 Å². The molecule has 0 saturated carbocycles. The van der Waals surface area contributed by atoms with Crippen LogP contribution in [0.3, 0.4) is 0 Å². The predicted octanol–water partition coefficient (Wildman–Crippen LogP) is 0.989. The van der Waals surface area contributed by atoms with Gasteiger partial charge in [-0.25, -0.2) is 4.98 Å². The van der Waals surface area contributed by atoms with Crippen LogP contribution in [0.25, 0.3) is 11.5 Å². The fourth-order valence-corrected chi connectivity index (χ4v) is 2.21. The van der Waals surface area contributed by atoms with E-state index in [1.807, 2.05) is 6.07 Å². The lowest BCUT2D eigenvalue weighted by molar-refractivity contribution is -0.142. The summed E-state index contributed by atoms with van der Waals surface area (Å²) in [4.78, 5) is 18.6. The third-order valence-electron chi connectivity index (χ3n) is 3.15. The highest BCUT2D eigenvalue weighted by atomic mass is 16.4. The van der Waals surface area contributed by atoms with Crippen LogP contribution in [-0.2, 0) is 17.6 Å². The molecule has 2 heterocycles. The van der Waals surface area contributed by atoms with Gasteiger partial charge in [-0.3, -0.25) is 9.89 Å². The number of nitrogens with one attached hydrogen (secondary N) is 2. The minimum atomic E-state index is -0.728. The maximum absolute atomic E-state index is 10.9. The van der Waals surface area contributed by atoms with E-state index in [2.05, 4.69) is 20.2 Å². The minimum Gasteiger partial charge on any atom is -0.481 e. The van der Waals surface area contributed by atoms with Crippen LogP contribution >= 0.6 is 0 Å². The van der Waals surface area contributed by atoms with Gasteiger partial charge in [0.2, 0.25) is 0 Å². The van der Waals surface area contributed by atoms with Crippen molar-refractivity contribution < 1.29 is 9.90 Å². The van der Waals surface area contributed by atoms with Gasteiger partial charge in [-0.05, 0) is 18.9 Å². The molecule has 0 radical (unpaired) electrons. The van der Waals surface area contributed by atoms with E-state index in [4.69, 9.17) is 5.11 Å². The van der Waals surface area contributed by atoms with Crippen molar-refractivity contribution in [2.45, 2.75) is 19.3 Å². The molecule has 3 rings (SSSR count). The first-order valence-electron chi connectivity index (χ1n) is 5.54. The van der Waals surface area contributed by atoms with Crippen molar-refractivity contribution in [3.63, 3.8) is 0 Å². The maximum atomic E-state index is 10.9. The third-order valence-corrected chi connectivity index (χ3v) is 3.15. The Morgan fingerprint density at radius 1 is 1.53 bits per heavy atom. The van der Waals surface area contributed by atoms with Crippen molar-refractivity contribution in [2.24, 2.45) is 5.92 Å². The summed E-state index contributed by atoms with van der Waals surface area (Å²) < 4.78 is 0. The number of hydrogen-bond donors (Lipinski definition) is 3. The Labute approximate surface area is 97.1 Å². The number of aromatic amines is 2. The van der Waals surface area contributed by atoms with Crippen LogP contribution in [-0.4, -0.2) is 31.2 Å². The summed E-state index contributed by atoms with van der Waals surface area (Å²) in [5.74, 6) is -0.288. The van der Waals surface area contributed by atoms with Crippen molar-refractivity contribution in [1.82, 2.24) is 20.2 Å². The van der Waals surface area contributed by atoms with E-state index < -0.39 is 5.97 Å². The molecule has 3 N–H and O–H groups in total. The Kier molecular flexibility index (Phi) is 2.21. The molecular formula is C11H12N4O2. The quantitative estimate of drug-likeness (QED) is 0.719. The second-order valence-electron chi connectivity index (χ2n) is 4.26. The van der Waals surface area contributed by atoms with Crippen LogP contribution in [0.5, 0.6) is 0 Å². The van der Waals surface area contributed by atoms with Crippen LogP contribution < -0.4 is 0 Å². The topological polar surface area (TPSA) is 94.7 Å². The largest absolute Gasteiger partial charge is 0.481 e. The maximum Gasteiger partial charge on any atom is 0.306 e. The van der Waals surface area contributed by atoms with Gasteiger partial charge in [-0.15, -0.1) is 0 Å². The molecule has 88 valence electrons. The van der Waals surface area contributed by atoms with Crippen LogP contribution in [0.4, 0.5) is 0 Å². The minimum absolute atomic E-state index is 0.294. The first-order chi connectivity index (χ1) is 8.24. The SMILES string of the molecule is O=C(O)C1CCc2nc(-c3ccn[nH]3)[nH]c2C1. The molecule has 0 bridgehead atoms. The number of aliphatic carboxylic acids is 1. The van der Waals surface area contributed by atoms with Gasteiger partial charge in [-0.2, -0.15) is 5.10 Å². The molecule has 0 spiro atoms. The average Bonchev–Trinajstić information content (AvgIpc) is 2.96. The molecule has 0 fully saturated rings. The molecule has 6 heteroatoms. The summed E-state index contributed by atoms with van der Waals surface area (Å²) in [6.45, 7) is 0. The molecule has 0 amide bonds. The zero-order chi connectivity index (χ0) is 11.8. The number of carboxylic acid groups (broad SMARTS) is 1. The molecule has 1 aliphatic carbocycles. The second-order valence-corrected chi connectivity index (χ2v) is 4.26. The molecule has 0 aromatic carbocycles. The number of nitrogens with zero attached hydrogens (tertiary/aromatic N) is 2. The summed E-state index contributed by atoms with van der Waals surface area (Å²) in [5, 5.41) is 15.7. The second kappa shape index (κ2) is 3.73. The van der Waals surface area contributed by atoms with Crippen LogP contribution in [0, 0.1) is 5.92 Å². The number of carbonyl (C=O) groups is 1. The number of hydrogen-bond acceptors (Lipinski definition) is 3. The number of imidazole rings is 1. The summed E-state index contributed by atoms with van der Waals surface area (Å²) in [5.41, 5.74) is 2.74. The lowest BCUT2D eigenvalue weighted by Crippen LogP contribution is -2.22. The fourth-order valence-electron chi connectivity index (χ4n) is 2.21. The lowest BCUT2D eigenvalue weighted by Gasteiger charge is -2.16. The van der Waals surface area contributed by atoms with Gasteiger partial charge in [0.15, 0.2) is 5.82 Å². The van der Waals surface area contributed by atoms with Crippen LogP contribution in [0.2, 0.25) is 0 Å². The highest BCUT2D eigenvalue weighted by Crippen LogP contribution is 2.26. The van der Waals surface area contributed by atoms with Gasteiger partial charge < -0.3 is 10.1 Å². The van der Waals surface area contributed by atoms with Gasteiger partial charge in [0.1, 0.15) is 5.69 Å². The molecule has 2 aromatic rings. The molecule has 6 nitrogen and oxygen atoms in total. The van der Waals surface area contributed by atoms with E-state index in [9.17, 15) is 4.79 Å². The summed E-state index contributed by atoms with van der Waals surface area (Å²) in [6, 6.07) is 1.83. The molecule has 2 aromatic heterocycles.